The molecule has 1 N–H and O–H groups in total. The van der Waals surface area contributed by atoms with E-state index in [2.05, 4.69) is 5.32 Å². The topological polar surface area (TPSA) is 64.6 Å². The van der Waals surface area contributed by atoms with E-state index in [1.165, 1.54) is 6.92 Å². The van der Waals surface area contributed by atoms with Gasteiger partial charge in [-0.15, -0.1) is 0 Å². The first-order valence-electron chi connectivity index (χ1n) is 8.43. The van der Waals surface area contributed by atoms with Crippen LogP contribution in [0.3, 0.4) is 0 Å². The van der Waals surface area contributed by atoms with Crippen LogP contribution >= 0.6 is 0 Å². The largest absolute Gasteiger partial charge is 0.449 e. The van der Waals surface area contributed by atoms with Gasteiger partial charge in [-0.25, -0.2) is 13.6 Å². The molecule has 144 valence electrons. The molecule has 0 saturated heterocycles. The molecule has 0 unspecified atom stereocenters. The first-order valence-corrected chi connectivity index (χ1v) is 8.43. The van der Waals surface area contributed by atoms with Crippen molar-refractivity contribution in [2.75, 3.05) is 5.32 Å². The number of esters is 1. The van der Waals surface area contributed by atoms with Crippen LogP contribution in [-0.4, -0.2) is 24.1 Å². The summed E-state index contributed by atoms with van der Waals surface area (Å²) >= 11 is 0. The van der Waals surface area contributed by atoms with E-state index in [0.29, 0.717) is 6.61 Å². The predicted molar refractivity (Wildman–Crippen MR) is 96.2 cm³/mol. The zero-order valence-corrected chi connectivity index (χ0v) is 15.3. The summed E-state index contributed by atoms with van der Waals surface area (Å²) in [6, 6.07) is 9.27. The highest BCUT2D eigenvalue weighted by atomic mass is 19.1. The standard InChI is InChI=1S/C20H21F2NO4/c1-12(2)26-11-14-4-6-15(7-5-14)20(25)27-13(3)19(24)23-18-10-16(21)8-9-17(18)22/h4-10,12-13H,11H2,1-3H3,(H,23,24)/t13-/m1/s1. The van der Waals surface area contributed by atoms with Crippen LogP contribution in [0.25, 0.3) is 0 Å². The molecule has 0 aliphatic heterocycles. The van der Waals surface area contributed by atoms with Gasteiger partial charge in [0.25, 0.3) is 5.91 Å². The van der Waals surface area contributed by atoms with Crippen molar-refractivity contribution in [3.63, 3.8) is 0 Å². The summed E-state index contributed by atoms with van der Waals surface area (Å²) in [5.74, 6) is -2.95. The molecule has 1 atom stereocenters. The number of carbonyl (C=O) groups excluding carboxylic acids is 2. The number of nitrogens with one attached hydrogen (secondary N) is 1. The maximum atomic E-state index is 13.6. The SMILES string of the molecule is CC(C)OCc1ccc(C(=O)O[C@H](C)C(=O)Nc2cc(F)ccc2F)cc1. The van der Waals surface area contributed by atoms with Crippen LogP contribution in [-0.2, 0) is 20.9 Å². The molecule has 0 spiro atoms. The molecule has 2 rings (SSSR count). The van der Waals surface area contributed by atoms with Gasteiger partial charge in [0.1, 0.15) is 11.6 Å². The van der Waals surface area contributed by atoms with Gasteiger partial charge in [0.05, 0.1) is 24.0 Å². The monoisotopic (exact) mass is 377 g/mol. The Morgan fingerprint density at radius 2 is 1.70 bits per heavy atom. The molecule has 0 saturated carbocycles. The fourth-order valence-corrected chi connectivity index (χ4v) is 2.11. The maximum Gasteiger partial charge on any atom is 0.338 e. The Morgan fingerprint density at radius 3 is 2.33 bits per heavy atom. The smallest absolute Gasteiger partial charge is 0.338 e. The molecule has 0 aromatic heterocycles. The molecule has 2 aromatic carbocycles. The average Bonchev–Trinajstić information content (AvgIpc) is 2.63. The number of benzene rings is 2. The number of anilines is 1. The van der Waals surface area contributed by atoms with E-state index in [1.54, 1.807) is 24.3 Å². The third-order valence-corrected chi connectivity index (χ3v) is 3.61. The van der Waals surface area contributed by atoms with Crippen molar-refractivity contribution in [1.29, 1.82) is 0 Å². The molecule has 2 aromatic rings. The fourth-order valence-electron chi connectivity index (χ4n) is 2.11. The lowest BCUT2D eigenvalue weighted by Crippen LogP contribution is -2.30. The number of halogens is 2. The Balaban J connectivity index is 1.94. The second kappa shape index (κ2) is 9.23. The van der Waals surface area contributed by atoms with Gasteiger partial charge in [0.15, 0.2) is 6.10 Å². The van der Waals surface area contributed by atoms with E-state index < -0.39 is 29.6 Å². The lowest BCUT2D eigenvalue weighted by atomic mass is 10.1. The molecular weight excluding hydrogens is 356 g/mol. The lowest BCUT2D eigenvalue weighted by molar-refractivity contribution is -0.123. The molecular formula is C20H21F2NO4. The number of hydrogen-bond donors (Lipinski definition) is 1. The third kappa shape index (κ3) is 6.14. The van der Waals surface area contributed by atoms with E-state index in [-0.39, 0.29) is 17.4 Å². The van der Waals surface area contributed by atoms with Gasteiger partial charge in [-0.05, 0) is 50.6 Å². The lowest BCUT2D eigenvalue weighted by Gasteiger charge is -2.14. The van der Waals surface area contributed by atoms with E-state index in [9.17, 15) is 18.4 Å². The highest BCUT2D eigenvalue weighted by Crippen LogP contribution is 2.16. The van der Waals surface area contributed by atoms with Crippen LogP contribution in [0.2, 0.25) is 0 Å². The van der Waals surface area contributed by atoms with Crippen LogP contribution < -0.4 is 5.32 Å². The first kappa shape index (κ1) is 20.5. The van der Waals surface area contributed by atoms with Gasteiger partial charge in [0, 0.05) is 6.07 Å². The zero-order chi connectivity index (χ0) is 20.0. The summed E-state index contributed by atoms with van der Waals surface area (Å²) < 4.78 is 37.3. The molecule has 0 radical (unpaired) electrons. The Bertz CT molecular complexity index is 806. The van der Waals surface area contributed by atoms with Crippen molar-refractivity contribution in [1.82, 2.24) is 0 Å². The normalized spacial score (nSPS) is 11.9. The quantitative estimate of drug-likeness (QED) is 0.739. The van der Waals surface area contributed by atoms with Gasteiger partial charge < -0.3 is 14.8 Å². The van der Waals surface area contributed by atoms with Crippen molar-refractivity contribution >= 4 is 17.6 Å². The number of carbonyl (C=O) groups is 2. The van der Waals surface area contributed by atoms with Crippen molar-refractivity contribution < 1.29 is 27.8 Å². The Labute approximate surface area is 156 Å². The molecule has 27 heavy (non-hydrogen) atoms. The first-order chi connectivity index (χ1) is 12.8. The van der Waals surface area contributed by atoms with Gasteiger partial charge in [-0.2, -0.15) is 0 Å². The molecule has 5 nitrogen and oxygen atoms in total. The van der Waals surface area contributed by atoms with Crippen molar-refractivity contribution in [2.24, 2.45) is 0 Å². The Hall–Kier alpha value is -2.80. The summed E-state index contributed by atoms with van der Waals surface area (Å²) in [7, 11) is 0. The summed E-state index contributed by atoms with van der Waals surface area (Å²) in [4.78, 5) is 24.2. The average molecular weight is 377 g/mol. The molecule has 0 fully saturated rings. The second-order valence-corrected chi connectivity index (χ2v) is 6.22. The van der Waals surface area contributed by atoms with Gasteiger partial charge >= 0.3 is 5.97 Å². The van der Waals surface area contributed by atoms with Gasteiger partial charge in [-0.1, -0.05) is 12.1 Å². The molecule has 1 amide bonds. The summed E-state index contributed by atoms with van der Waals surface area (Å²) in [5.41, 5.74) is 0.838. The molecule has 7 heteroatoms. The number of rotatable bonds is 7. The zero-order valence-electron chi connectivity index (χ0n) is 15.3. The van der Waals surface area contributed by atoms with Crippen LogP contribution in [0.5, 0.6) is 0 Å². The third-order valence-electron chi connectivity index (χ3n) is 3.61. The Kier molecular flexibility index (Phi) is 7.01. The van der Waals surface area contributed by atoms with Crippen LogP contribution in [0, 0.1) is 11.6 Å². The highest BCUT2D eigenvalue weighted by molar-refractivity contribution is 5.97. The fraction of sp³-hybridized carbons (Fsp3) is 0.300. The van der Waals surface area contributed by atoms with Crippen molar-refractivity contribution in [2.45, 2.75) is 39.6 Å². The molecule has 0 aliphatic carbocycles. The summed E-state index contributed by atoms with van der Waals surface area (Å²) in [6.07, 6.45) is -1.10. The molecule has 0 bridgehead atoms. The van der Waals surface area contributed by atoms with Crippen molar-refractivity contribution in [3.8, 4) is 0 Å². The number of hydrogen-bond acceptors (Lipinski definition) is 4. The van der Waals surface area contributed by atoms with E-state index in [4.69, 9.17) is 9.47 Å². The van der Waals surface area contributed by atoms with E-state index in [0.717, 1.165) is 23.8 Å². The number of amides is 1. The minimum atomic E-state index is -1.19. The van der Waals surface area contributed by atoms with E-state index in [1.807, 2.05) is 13.8 Å². The summed E-state index contributed by atoms with van der Waals surface area (Å²) in [6.45, 7) is 5.61. The van der Waals surface area contributed by atoms with Gasteiger partial charge in [-0.3, -0.25) is 4.79 Å². The Morgan fingerprint density at radius 1 is 1.04 bits per heavy atom. The molecule has 0 aliphatic rings. The highest BCUT2D eigenvalue weighted by Gasteiger charge is 2.20. The minimum absolute atomic E-state index is 0.0944. The van der Waals surface area contributed by atoms with Gasteiger partial charge in [0.2, 0.25) is 0 Å². The molecule has 0 heterocycles. The van der Waals surface area contributed by atoms with Crippen molar-refractivity contribution in [3.05, 3.63) is 65.2 Å². The van der Waals surface area contributed by atoms with Crippen LogP contribution in [0.1, 0.15) is 36.7 Å². The minimum Gasteiger partial charge on any atom is -0.449 e. The maximum absolute atomic E-state index is 13.6. The van der Waals surface area contributed by atoms with Crippen LogP contribution in [0.15, 0.2) is 42.5 Å². The van der Waals surface area contributed by atoms with Crippen LogP contribution in [0.4, 0.5) is 14.5 Å². The summed E-state index contributed by atoms with van der Waals surface area (Å²) in [5, 5.41) is 2.20. The number of ether oxygens (including phenoxy) is 2. The second-order valence-electron chi connectivity index (χ2n) is 6.22. The van der Waals surface area contributed by atoms with E-state index >= 15 is 0 Å². The predicted octanol–water partition coefficient (Wildman–Crippen LogP) is 4.07.